The van der Waals surface area contributed by atoms with Gasteiger partial charge in [0.1, 0.15) is 10.4 Å². The fourth-order valence-corrected chi connectivity index (χ4v) is 5.31. The molecular weight excluding hydrogens is 380 g/mol. The molecule has 0 saturated carbocycles. The number of hydrogen-bond acceptors (Lipinski definition) is 4. The predicted octanol–water partition coefficient (Wildman–Crippen LogP) is 6.81. The summed E-state index contributed by atoms with van der Waals surface area (Å²) in [5, 5.41) is 1.23. The molecule has 0 saturated heterocycles. The van der Waals surface area contributed by atoms with Crippen LogP contribution in [0.1, 0.15) is 83.7 Å². The molecule has 0 radical (unpaired) electrons. The van der Waals surface area contributed by atoms with E-state index in [0.717, 1.165) is 24.3 Å². The highest BCUT2D eigenvalue weighted by Crippen LogP contribution is 2.42. The van der Waals surface area contributed by atoms with Gasteiger partial charge in [-0.3, -0.25) is 4.90 Å². The molecule has 4 nitrogen and oxygen atoms in total. The van der Waals surface area contributed by atoms with Crippen molar-refractivity contribution in [2.45, 2.75) is 85.8 Å². The lowest BCUT2D eigenvalue weighted by atomic mass is 9.96. The summed E-state index contributed by atoms with van der Waals surface area (Å²) >= 11 is 1.73. The molecule has 2 aromatic heterocycles. The number of carbonyl (C=O) groups excluding carboxylic acids is 1. The Morgan fingerprint density at radius 3 is 2.31 bits per heavy atom. The molecule has 1 aliphatic rings. The largest absolute Gasteiger partial charge is 0.443 e. The van der Waals surface area contributed by atoms with Crippen molar-refractivity contribution in [2.75, 3.05) is 13.1 Å². The zero-order valence-electron chi connectivity index (χ0n) is 19.5. The summed E-state index contributed by atoms with van der Waals surface area (Å²) < 4.78 is 7.40. The summed E-state index contributed by atoms with van der Waals surface area (Å²) in [6.45, 7) is 21.2. The van der Waals surface area contributed by atoms with Crippen molar-refractivity contribution in [3.05, 3.63) is 28.3 Å². The molecule has 0 aromatic carbocycles. The lowest BCUT2D eigenvalue weighted by molar-refractivity contribution is 0.0545. The quantitative estimate of drug-likeness (QED) is 0.539. The first kappa shape index (κ1) is 22.1. The van der Waals surface area contributed by atoms with Crippen LogP contribution in [-0.2, 0) is 4.74 Å². The van der Waals surface area contributed by atoms with Gasteiger partial charge >= 0.3 is 6.09 Å². The fraction of sp³-hybridized carbons (Fsp3) is 0.625. The molecule has 0 N–H and O–H groups in total. The van der Waals surface area contributed by atoms with Crippen LogP contribution < -0.4 is 0 Å². The molecule has 0 bridgehead atoms. The number of aryl methyl sites for hydroxylation is 1. The van der Waals surface area contributed by atoms with Crippen molar-refractivity contribution in [2.24, 2.45) is 0 Å². The Bertz CT molecular complexity index is 948. The summed E-state index contributed by atoms with van der Waals surface area (Å²) in [6.07, 6.45) is 5.11. The minimum Gasteiger partial charge on any atom is -0.443 e. The minimum absolute atomic E-state index is 0.190. The summed E-state index contributed by atoms with van der Waals surface area (Å²) in [6, 6.07) is 0. The van der Waals surface area contributed by atoms with Crippen molar-refractivity contribution in [3.8, 4) is 0 Å². The highest BCUT2D eigenvalue weighted by Gasteiger charge is 2.28. The number of hydrogen-bond donors (Lipinski definition) is 0. The number of carbonyl (C=O) groups is 1. The van der Waals surface area contributed by atoms with E-state index in [2.05, 4.69) is 52.5 Å². The maximum Gasteiger partial charge on any atom is 0.419 e. The Balaban J connectivity index is 2.06. The molecule has 1 aliphatic heterocycles. The summed E-state index contributed by atoms with van der Waals surface area (Å²) in [5.74, 6) is 0.346. The minimum atomic E-state index is -0.511. The fourth-order valence-electron chi connectivity index (χ4n) is 3.95. The van der Waals surface area contributed by atoms with Crippen LogP contribution in [0.5, 0.6) is 0 Å². The smallest absolute Gasteiger partial charge is 0.419 e. The maximum atomic E-state index is 12.9. The zero-order valence-corrected chi connectivity index (χ0v) is 20.3. The van der Waals surface area contributed by atoms with Gasteiger partial charge in [0.2, 0.25) is 0 Å². The number of ether oxygens (including phenoxy) is 1. The van der Waals surface area contributed by atoms with Gasteiger partial charge in [-0.05, 0) is 77.5 Å². The Morgan fingerprint density at radius 2 is 1.83 bits per heavy atom. The monoisotopic (exact) mass is 416 g/mol. The molecule has 0 atom stereocenters. The van der Waals surface area contributed by atoms with Crippen molar-refractivity contribution in [1.82, 2.24) is 9.47 Å². The number of nitrogens with zero attached hydrogens (tertiary/aromatic N) is 2. The van der Waals surface area contributed by atoms with Gasteiger partial charge in [0.05, 0.1) is 0 Å². The van der Waals surface area contributed by atoms with Crippen molar-refractivity contribution in [3.63, 3.8) is 0 Å². The average Bonchev–Trinajstić information content (AvgIpc) is 3.11. The first-order valence-corrected chi connectivity index (χ1v) is 11.4. The first-order valence-electron chi connectivity index (χ1n) is 10.6. The van der Waals surface area contributed by atoms with Crippen LogP contribution in [0.25, 0.3) is 15.8 Å². The number of fused-ring (bicyclic) bond motifs is 1. The second-order valence-electron chi connectivity index (χ2n) is 10.4. The van der Waals surface area contributed by atoms with Crippen LogP contribution in [0.2, 0.25) is 0 Å². The van der Waals surface area contributed by atoms with Gasteiger partial charge in [0.25, 0.3) is 0 Å². The molecule has 0 amide bonds. The van der Waals surface area contributed by atoms with E-state index in [1.807, 2.05) is 27.0 Å². The van der Waals surface area contributed by atoms with Crippen molar-refractivity contribution in [1.29, 1.82) is 0 Å². The van der Waals surface area contributed by atoms with E-state index in [-0.39, 0.29) is 11.6 Å². The standard InChI is InChI=1S/C24H36N2O2S/c1-15(2)18-14-26(22(27)28-24(7,8)9)21-19(18)16(3)20(29-21)17-10-12-25(13-11-17)23(4,5)6/h10,14-15H,11-13H2,1-9H3. The van der Waals surface area contributed by atoms with E-state index in [1.165, 1.54) is 27.0 Å². The average molecular weight is 417 g/mol. The van der Waals surface area contributed by atoms with Gasteiger partial charge in [0.15, 0.2) is 0 Å². The number of aromatic nitrogens is 1. The summed E-state index contributed by atoms with van der Waals surface area (Å²) in [4.78, 5) is 17.7. The number of rotatable bonds is 2. The van der Waals surface area contributed by atoms with E-state index in [1.54, 1.807) is 15.9 Å². The highest BCUT2D eigenvalue weighted by atomic mass is 32.1. The first-order chi connectivity index (χ1) is 13.3. The molecule has 0 aliphatic carbocycles. The van der Waals surface area contributed by atoms with Gasteiger partial charge < -0.3 is 4.74 Å². The van der Waals surface area contributed by atoms with Gasteiger partial charge in [-0.1, -0.05) is 19.9 Å². The van der Waals surface area contributed by atoms with Crippen LogP contribution >= 0.6 is 11.3 Å². The Kier molecular flexibility index (Phi) is 5.78. The molecule has 3 rings (SSSR count). The molecule has 5 heteroatoms. The van der Waals surface area contributed by atoms with Crippen LogP contribution in [0.3, 0.4) is 0 Å². The zero-order chi connectivity index (χ0) is 21.7. The maximum absolute atomic E-state index is 12.9. The second kappa shape index (κ2) is 7.59. The third-order valence-corrected chi connectivity index (χ3v) is 6.93. The molecule has 3 heterocycles. The van der Waals surface area contributed by atoms with Gasteiger partial charge in [-0.2, -0.15) is 0 Å². The molecular formula is C24H36N2O2S. The van der Waals surface area contributed by atoms with Gasteiger partial charge in [-0.15, -0.1) is 11.3 Å². The lowest BCUT2D eigenvalue weighted by Crippen LogP contribution is -2.43. The SMILES string of the molecule is Cc1c(C2=CCN(C(C)(C)C)CC2)sc2c1c(C(C)C)cn2C(=O)OC(C)(C)C. The normalized spacial score (nSPS) is 16.6. The second-order valence-corrected chi connectivity index (χ2v) is 11.4. The third kappa shape index (κ3) is 4.46. The molecule has 0 unspecified atom stereocenters. The van der Waals surface area contributed by atoms with E-state index >= 15 is 0 Å². The van der Waals surface area contributed by atoms with Crippen LogP contribution in [0.4, 0.5) is 4.79 Å². The number of thiophene rings is 1. The van der Waals surface area contributed by atoms with Crippen LogP contribution in [0.15, 0.2) is 12.3 Å². The van der Waals surface area contributed by atoms with E-state index in [0.29, 0.717) is 5.92 Å². The van der Waals surface area contributed by atoms with E-state index in [4.69, 9.17) is 4.74 Å². The molecule has 160 valence electrons. The Labute approximate surface area is 179 Å². The van der Waals surface area contributed by atoms with E-state index in [9.17, 15) is 4.79 Å². The van der Waals surface area contributed by atoms with Gasteiger partial charge in [-0.25, -0.2) is 9.36 Å². The molecule has 29 heavy (non-hydrogen) atoms. The highest BCUT2D eigenvalue weighted by molar-refractivity contribution is 7.20. The third-order valence-electron chi connectivity index (χ3n) is 5.57. The summed E-state index contributed by atoms with van der Waals surface area (Å²) in [7, 11) is 0. The Morgan fingerprint density at radius 1 is 1.17 bits per heavy atom. The van der Waals surface area contributed by atoms with Gasteiger partial charge in [0, 0.05) is 35.1 Å². The van der Waals surface area contributed by atoms with Crippen molar-refractivity contribution < 1.29 is 9.53 Å². The predicted molar refractivity (Wildman–Crippen MR) is 124 cm³/mol. The van der Waals surface area contributed by atoms with E-state index < -0.39 is 5.60 Å². The Hall–Kier alpha value is -1.59. The molecule has 2 aromatic rings. The van der Waals surface area contributed by atoms with Crippen LogP contribution in [-0.4, -0.2) is 39.8 Å². The topological polar surface area (TPSA) is 34.5 Å². The van der Waals surface area contributed by atoms with Crippen molar-refractivity contribution >= 4 is 33.2 Å². The van der Waals surface area contributed by atoms with Crippen LogP contribution in [0, 0.1) is 6.92 Å². The lowest BCUT2D eigenvalue weighted by Gasteiger charge is -2.37. The molecule has 0 fully saturated rings. The molecule has 0 spiro atoms. The summed E-state index contributed by atoms with van der Waals surface area (Å²) in [5.41, 5.74) is 3.61.